The molecule has 2 atom stereocenters. The van der Waals surface area contributed by atoms with Crippen LogP contribution in [0.1, 0.15) is 30.2 Å². The van der Waals surface area contributed by atoms with Crippen LogP contribution in [0.25, 0.3) is 0 Å². The average molecular weight is 292 g/mol. The van der Waals surface area contributed by atoms with Gasteiger partial charge in [-0.2, -0.15) is 0 Å². The van der Waals surface area contributed by atoms with Crippen molar-refractivity contribution in [3.05, 3.63) is 71.3 Å². The summed E-state index contributed by atoms with van der Waals surface area (Å²) in [5.74, 6) is 4.24. The van der Waals surface area contributed by atoms with Crippen LogP contribution in [0, 0.1) is 11.6 Å². The lowest BCUT2D eigenvalue weighted by molar-refractivity contribution is 0.0307. The highest BCUT2D eigenvalue weighted by molar-refractivity contribution is 5.28. The molecule has 21 heavy (non-hydrogen) atoms. The van der Waals surface area contributed by atoms with Crippen LogP contribution in [0.15, 0.2) is 48.5 Å². The van der Waals surface area contributed by atoms with E-state index < -0.39 is 23.8 Å². The molecule has 0 saturated heterocycles. The van der Waals surface area contributed by atoms with Crippen LogP contribution in [-0.4, -0.2) is 6.61 Å². The zero-order chi connectivity index (χ0) is 15.2. The molecular formula is C16H18F2N2O. The van der Waals surface area contributed by atoms with Crippen molar-refractivity contribution < 1.29 is 13.5 Å². The van der Waals surface area contributed by atoms with Gasteiger partial charge in [0, 0.05) is 12.2 Å². The lowest BCUT2D eigenvalue weighted by atomic mass is 9.95. The normalized spacial score (nSPS) is 13.9. The molecule has 0 saturated carbocycles. The first-order valence-electron chi connectivity index (χ1n) is 6.75. The molecule has 0 heterocycles. The maximum absolute atomic E-state index is 14.0. The zero-order valence-electron chi connectivity index (χ0n) is 11.7. The first-order valence-corrected chi connectivity index (χ1v) is 6.75. The van der Waals surface area contributed by atoms with Gasteiger partial charge < -0.3 is 4.74 Å². The van der Waals surface area contributed by atoms with Gasteiger partial charge in [-0.05, 0) is 24.6 Å². The highest BCUT2D eigenvalue weighted by Crippen LogP contribution is 2.34. The minimum atomic E-state index is -0.825. The molecule has 2 aromatic rings. The maximum Gasteiger partial charge on any atom is 0.131 e. The topological polar surface area (TPSA) is 47.3 Å². The van der Waals surface area contributed by atoms with Gasteiger partial charge in [-0.1, -0.05) is 36.4 Å². The molecular weight excluding hydrogens is 274 g/mol. The second-order valence-corrected chi connectivity index (χ2v) is 4.57. The fourth-order valence-corrected chi connectivity index (χ4v) is 2.34. The van der Waals surface area contributed by atoms with Gasteiger partial charge >= 0.3 is 0 Å². The maximum atomic E-state index is 14.0. The molecule has 0 fully saturated rings. The molecule has 0 aliphatic heterocycles. The van der Waals surface area contributed by atoms with Crippen LogP contribution in [0.5, 0.6) is 0 Å². The second-order valence-electron chi connectivity index (χ2n) is 4.57. The highest BCUT2D eigenvalue weighted by atomic mass is 19.1. The Hall–Kier alpha value is -1.82. The van der Waals surface area contributed by atoms with Crippen molar-refractivity contribution in [1.29, 1.82) is 0 Å². The number of rotatable bonds is 6. The number of hydrogen-bond donors (Lipinski definition) is 2. The lowest BCUT2D eigenvalue weighted by Gasteiger charge is -2.27. The molecule has 0 aliphatic rings. The Balaban J connectivity index is 2.46. The third kappa shape index (κ3) is 3.44. The second kappa shape index (κ2) is 7.26. The lowest BCUT2D eigenvalue weighted by Crippen LogP contribution is -2.35. The van der Waals surface area contributed by atoms with Crippen molar-refractivity contribution >= 4 is 0 Å². The molecule has 0 radical (unpaired) electrons. The summed E-state index contributed by atoms with van der Waals surface area (Å²) in [7, 11) is 0. The van der Waals surface area contributed by atoms with Crippen molar-refractivity contribution in [3.63, 3.8) is 0 Å². The van der Waals surface area contributed by atoms with Crippen LogP contribution in [-0.2, 0) is 4.74 Å². The van der Waals surface area contributed by atoms with Gasteiger partial charge in [0.2, 0.25) is 0 Å². The summed E-state index contributed by atoms with van der Waals surface area (Å²) < 4.78 is 33.7. The molecule has 0 aromatic heterocycles. The molecule has 2 aromatic carbocycles. The first kappa shape index (κ1) is 15.6. The standard InChI is InChI=1S/C16H18F2N2O/c1-2-21-16(11-7-4-3-5-8-11)15(20-19)14-12(17)9-6-10-13(14)18/h3-10,15-16,20H,2,19H2,1H3. The molecule has 2 unspecified atom stereocenters. The Morgan fingerprint density at radius 3 is 2.19 bits per heavy atom. The van der Waals surface area contributed by atoms with Gasteiger partial charge in [-0.15, -0.1) is 0 Å². The largest absolute Gasteiger partial charge is 0.372 e. The Morgan fingerprint density at radius 1 is 1.05 bits per heavy atom. The van der Waals surface area contributed by atoms with E-state index in [2.05, 4.69) is 5.43 Å². The predicted octanol–water partition coefficient (Wildman–Crippen LogP) is 3.25. The molecule has 3 N–H and O–H groups in total. The van der Waals surface area contributed by atoms with Crippen LogP contribution < -0.4 is 11.3 Å². The van der Waals surface area contributed by atoms with E-state index in [0.29, 0.717) is 6.61 Å². The third-order valence-corrected chi connectivity index (χ3v) is 3.27. The number of hydrogen-bond acceptors (Lipinski definition) is 3. The first-order chi connectivity index (χ1) is 10.2. The summed E-state index contributed by atoms with van der Waals surface area (Å²) >= 11 is 0. The SMILES string of the molecule is CCOC(c1ccccc1)C(NN)c1c(F)cccc1F. The summed E-state index contributed by atoms with van der Waals surface area (Å²) in [6, 6.07) is 12.1. The summed E-state index contributed by atoms with van der Waals surface area (Å²) in [4.78, 5) is 0. The smallest absolute Gasteiger partial charge is 0.131 e. The van der Waals surface area contributed by atoms with Crippen LogP contribution >= 0.6 is 0 Å². The van der Waals surface area contributed by atoms with Gasteiger partial charge in [-0.3, -0.25) is 5.84 Å². The van der Waals surface area contributed by atoms with E-state index in [9.17, 15) is 8.78 Å². The van der Waals surface area contributed by atoms with Crippen LogP contribution in [0.4, 0.5) is 8.78 Å². The molecule has 5 heteroatoms. The van der Waals surface area contributed by atoms with Crippen molar-refractivity contribution in [2.45, 2.75) is 19.1 Å². The van der Waals surface area contributed by atoms with Crippen LogP contribution in [0.2, 0.25) is 0 Å². The number of halogens is 2. The van der Waals surface area contributed by atoms with Gasteiger partial charge in [0.1, 0.15) is 17.7 Å². The summed E-state index contributed by atoms with van der Waals surface area (Å²) in [5, 5.41) is 0. The third-order valence-electron chi connectivity index (χ3n) is 3.27. The van der Waals surface area contributed by atoms with Gasteiger partial charge in [0.05, 0.1) is 6.04 Å². The number of nitrogens with one attached hydrogen (secondary N) is 1. The fraction of sp³-hybridized carbons (Fsp3) is 0.250. The van der Waals surface area contributed by atoms with Gasteiger partial charge in [0.25, 0.3) is 0 Å². The van der Waals surface area contributed by atoms with E-state index in [1.54, 1.807) is 0 Å². The fourth-order valence-electron chi connectivity index (χ4n) is 2.34. The summed E-state index contributed by atoms with van der Waals surface area (Å²) in [6.07, 6.45) is -0.590. The van der Waals surface area contributed by atoms with Gasteiger partial charge in [0.15, 0.2) is 0 Å². The minimum Gasteiger partial charge on any atom is -0.372 e. The predicted molar refractivity (Wildman–Crippen MR) is 77.2 cm³/mol. The van der Waals surface area contributed by atoms with Crippen molar-refractivity contribution in [3.8, 4) is 0 Å². The van der Waals surface area contributed by atoms with E-state index in [-0.39, 0.29) is 5.56 Å². The monoisotopic (exact) mass is 292 g/mol. The Bertz CT molecular complexity index is 557. The Kier molecular flexibility index (Phi) is 5.38. The van der Waals surface area contributed by atoms with E-state index in [4.69, 9.17) is 10.6 Å². The highest BCUT2D eigenvalue weighted by Gasteiger charge is 2.29. The number of hydrazine groups is 1. The molecule has 0 amide bonds. The van der Waals surface area contributed by atoms with E-state index >= 15 is 0 Å². The van der Waals surface area contributed by atoms with Crippen molar-refractivity contribution in [1.82, 2.24) is 5.43 Å². The molecule has 112 valence electrons. The molecule has 3 nitrogen and oxygen atoms in total. The zero-order valence-corrected chi connectivity index (χ0v) is 11.7. The molecule has 0 spiro atoms. The molecule has 0 aliphatic carbocycles. The average Bonchev–Trinajstić information content (AvgIpc) is 2.50. The van der Waals surface area contributed by atoms with Crippen molar-refractivity contribution in [2.24, 2.45) is 5.84 Å². The summed E-state index contributed by atoms with van der Waals surface area (Å²) in [5.41, 5.74) is 3.15. The Morgan fingerprint density at radius 2 is 1.67 bits per heavy atom. The number of nitrogens with two attached hydrogens (primary N) is 1. The van der Waals surface area contributed by atoms with Gasteiger partial charge in [-0.25, -0.2) is 14.2 Å². The molecule has 2 rings (SSSR count). The number of benzene rings is 2. The summed E-state index contributed by atoms with van der Waals surface area (Å²) in [6.45, 7) is 2.22. The van der Waals surface area contributed by atoms with E-state index in [0.717, 1.165) is 5.56 Å². The van der Waals surface area contributed by atoms with Crippen LogP contribution in [0.3, 0.4) is 0 Å². The quantitative estimate of drug-likeness (QED) is 0.634. The van der Waals surface area contributed by atoms with Crippen molar-refractivity contribution in [2.75, 3.05) is 6.61 Å². The Labute approximate surface area is 122 Å². The minimum absolute atomic E-state index is 0.123. The number of ether oxygens (including phenoxy) is 1. The molecule has 0 bridgehead atoms. The van der Waals surface area contributed by atoms with E-state index in [1.807, 2.05) is 37.3 Å². The van der Waals surface area contributed by atoms with E-state index in [1.165, 1.54) is 18.2 Å².